The Balaban J connectivity index is 1.50. The van der Waals surface area contributed by atoms with E-state index in [1.54, 1.807) is 0 Å². The smallest absolute Gasteiger partial charge is 0.209 e. The van der Waals surface area contributed by atoms with Gasteiger partial charge in [0.05, 0.1) is 0 Å². The lowest BCUT2D eigenvalue weighted by Gasteiger charge is -2.48. The van der Waals surface area contributed by atoms with Gasteiger partial charge in [-0.15, -0.1) is 0 Å². The summed E-state index contributed by atoms with van der Waals surface area (Å²) in [6, 6.07) is 19.9. The highest BCUT2D eigenvalue weighted by atomic mass is 16.1. The fourth-order valence-electron chi connectivity index (χ4n) is 6.05. The summed E-state index contributed by atoms with van der Waals surface area (Å²) < 4.78 is 0. The molecule has 3 aliphatic heterocycles. The van der Waals surface area contributed by atoms with Crippen LogP contribution in [-0.4, -0.2) is 43.5 Å². The topological polar surface area (TPSA) is 44.4 Å². The lowest BCUT2D eigenvalue weighted by Crippen LogP contribution is -2.53. The number of hydrogen-bond acceptors (Lipinski definition) is 3. The number of amides is 1. The maximum Gasteiger partial charge on any atom is 0.209 e. The van der Waals surface area contributed by atoms with E-state index in [2.05, 4.69) is 70.1 Å². The molecule has 2 unspecified atom stereocenters. The van der Waals surface area contributed by atoms with Crippen molar-refractivity contribution in [2.75, 3.05) is 31.5 Å². The molecular weight excluding hydrogens is 346 g/mol. The maximum atomic E-state index is 12.0. The van der Waals surface area contributed by atoms with E-state index in [-0.39, 0.29) is 11.5 Å². The number of likely N-dealkylation sites (tertiary alicyclic amines) is 1. The molecule has 146 valence electrons. The van der Waals surface area contributed by atoms with Crippen molar-refractivity contribution in [3.05, 3.63) is 65.7 Å². The zero-order valence-electron chi connectivity index (χ0n) is 16.3. The fourth-order valence-corrected chi connectivity index (χ4v) is 6.05. The summed E-state index contributed by atoms with van der Waals surface area (Å²) in [6.07, 6.45) is 4.35. The monoisotopic (exact) mass is 375 g/mol. The Kier molecular flexibility index (Phi) is 4.59. The van der Waals surface area contributed by atoms with Crippen LogP contribution in [-0.2, 0) is 10.2 Å². The number of para-hydroxylation sites is 1. The molecular formula is C24H29N3O. The number of carbonyl (C=O) groups excluding carboxylic acids is 1. The van der Waals surface area contributed by atoms with Crippen LogP contribution in [0.4, 0.5) is 5.69 Å². The summed E-state index contributed by atoms with van der Waals surface area (Å²) in [7, 11) is 0. The van der Waals surface area contributed by atoms with E-state index in [9.17, 15) is 4.79 Å². The normalized spacial score (nSPS) is 32.0. The van der Waals surface area contributed by atoms with E-state index in [1.165, 1.54) is 16.8 Å². The van der Waals surface area contributed by atoms with E-state index in [0.717, 1.165) is 51.9 Å². The van der Waals surface area contributed by atoms with E-state index in [0.29, 0.717) is 11.8 Å². The van der Waals surface area contributed by atoms with Crippen molar-refractivity contribution in [2.24, 2.45) is 5.92 Å². The van der Waals surface area contributed by atoms with Crippen LogP contribution in [0.25, 0.3) is 0 Å². The maximum absolute atomic E-state index is 12.0. The first-order valence-electron chi connectivity index (χ1n) is 10.6. The number of rotatable bonds is 3. The summed E-state index contributed by atoms with van der Waals surface area (Å²) in [5.41, 5.74) is 4.25. The second-order valence-corrected chi connectivity index (χ2v) is 8.66. The minimum absolute atomic E-state index is 0.117. The molecule has 5 rings (SSSR count). The zero-order chi connectivity index (χ0) is 19.0. The molecule has 2 aromatic carbocycles. The predicted octanol–water partition coefficient (Wildman–Crippen LogP) is 3.36. The van der Waals surface area contributed by atoms with E-state index >= 15 is 0 Å². The van der Waals surface area contributed by atoms with Crippen molar-refractivity contribution in [1.82, 2.24) is 10.2 Å². The number of fused-ring (bicyclic) bond motifs is 2. The summed E-state index contributed by atoms with van der Waals surface area (Å²) in [6.45, 7) is 3.87. The summed E-state index contributed by atoms with van der Waals surface area (Å²) in [5, 5.41) is 7.29. The molecule has 0 aromatic heterocycles. The van der Waals surface area contributed by atoms with Crippen molar-refractivity contribution in [2.45, 2.75) is 36.6 Å². The molecule has 0 bridgehead atoms. The van der Waals surface area contributed by atoms with Gasteiger partial charge in [-0.2, -0.15) is 0 Å². The molecule has 2 N–H and O–H groups in total. The van der Waals surface area contributed by atoms with Crippen LogP contribution in [0.5, 0.6) is 0 Å². The van der Waals surface area contributed by atoms with Gasteiger partial charge in [0.1, 0.15) is 0 Å². The summed E-state index contributed by atoms with van der Waals surface area (Å²) in [4.78, 5) is 14.1. The van der Waals surface area contributed by atoms with Crippen molar-refractivity contribution in [3.63, 3.8) is 0 Å². The number of piperidine rings is 1. The third-order valence-corrected chi connectivity index (χ3v) is 7.42. The van der Waals surface area contributed by atoms with Gasteiger partial charge in [-0.1, -0.05) is 48.5 Å². The van der Waals surface area contributed by atoms with E-state index in [4.69, 9.17) is 0 Å². The third kappa shape index (κ3) is 2.82. The quantitative estimate of drug-likeness (QED) is 0.809. The van der Waals surface area contributed by atoms with Crippen LogP contribution in [0.2, 0.25) is 0 Å². The lowest BCUT2D eigenvalue weighted by molar-refractivity contribution is -0.123. The predicted molar refractivity (Wildman–Crippen MR) is 113 cm³/mol. The lowest BCUT2D eigenvalue weighted by atomic mass is 9.63. The van der Waals surface area contributed by atoms with Crippen LogP contribution in [0.3, 0.4) is 0 Å². The summed E-state index contributed by atoms with van der Waals surface area (Å²) in [5.74, 6) is 0.990. The number of benzene rings is 2. The van der Waals surface area contributed by atoms with Gasteiger partial charge < -0.3 is 15.5 Å². The molecule has 1 amide bonds. The number of nitrogens with one attached hydrogen (secondary N) is 2. The first-order chi connectivity index (χ1) is 13.8. The molecule has 0 saturated carbocycles. The van der Waals surface area contributed by atoms with Crippen LogP contribution >= 0.6 is 0 Å². The number of anilines is 1. The molecule has 0 aliphatic carbocycles. The molecule has 4 heteroatoms. The molecule has 3 heterocycles. The number of hydrogen-bond donors (Lipinski definition) is 2. The molecule has 2 saturated heterocycles. The molecule has 2 fully saturated rings. The molecule has 0 radical (unpaired) electrons. The minimum Gasteiger partial charge on any atom is -0.385 e. The highest BCUT2D eigenvalue weighted by Gasteiger charge is 2.51. The Labute approximate surface area is 167 Å². The van der Waals surface area contributed by atoms with Gasteiger partial charge in [0.15, 0.2) is 0 Å². The van der Waals surface area contributed by atoms with Crippen molar-refractivity contribution < 1.29 is 4.79 Å². The van der Waals surface area contributed by atoms with Gasteiger partial charge in [0.2, 0.25) is 6.41 Å². The van der Waals surface area contributed by atoms with Crippen molar-refractivity contribution >= 4 is 12.1 Å². The third-order valence-electron chi connectivity index (χ3n) is 7.42. The van der Waals surface area contributed by atoms with Crippen LogP contribution in [0.15, 0.2) is 54.6 Å². The Morgan fingerprint density at radius 1 is 1.07 bits per heavy atom. The number of carbonyl (C=O) groups is 1. The van der Waals surface area contributed by atoms with E-state index < -0.39 is 0 Å². The number of nitrogens with zero attached hydrogens (tertiary/aromatic N) is 1. The van der Waals surface area contributed by atoms with Crippen molar-refractivity contribution in [1.29, 1.82) is 0 Å². The van der Waals surface area contributed by atoms with Gasteiger partial charge in [-0.25, -0.2) is 0 Å². The molecule has 4 atom stereocenters. The standard InChI is InChI=1S/C24H29N3O/c28-17-27-13-10-19(18-6-2-1-3-7-18)14-23(27)21-15-25-16-24(21)11-12-26-22-9-5-4-8-20(22)24/h1-9,17,19,21,23,25-26H,10-16H2/t19-,21?,23?,24-/m0/s1. The van der Waals surface area contributed by atoms with Crippen LogP contribution < -0.4 is 10.6 Å². The van der Waals surface area contributed by atoms with Crippen LogP contribution in [0.1, 0.15) is 36.3 Å². The van der Waals surface area contributed by atoms with Gasteiger partial charge >= 0.3 is 0 Å². The highest BCUT2D eigenvalue weighted by molar-refractivity contribution is 5.58. The molecule has 2 aromatic rings. The highest BCUT2D eigenvalue weighted by Crippen LogP contribution is 2.49. The Morgan fingerprint density at radius 3 is 2.75 bits per heavy atom. The second-order valence-electron chi connectivity index (χ2n) is 8.66. The van der Waals surface area contributed by atoms with Crippen molar-refractivity contribution in [3.8, 4) is 0 Å². The van der Waals surface area contributed by atoms with Gasteiger partial charge in [0.25, 0.3) is 0 Å². The Bertz CT molecular complexity index is 839. The molecule has 1 spiro atoms. The second kappa shape index (κ2) is 7.25. The van der Waals surface area contributed by atoms with Gasteiger partial charge in [0, 0.05) is 49.2 Å². The molecule has 3 aliphatic rings. The Morgan fingerprint density at radius 2 is 1.89 bits per heavy atom. The van der Waals surface area contributed by atoms with Gasteiger partial charge in [-0.3, -0.25) is 4.79 Å². The molecule has 28 heavy (non-hydrogen) atoms. The first-order valence-corrected chi connectivity index (χ1v) is 10.6. The SMILES string of the molecule is O=CN1CC[C@H](c2ccccc2)CC1C1CNC[C@]12CCNc1ccccc12. The largest absolute Gasteiger partial charge is 0.385 e. The fraction of sp³-hybridized carbons (Fsp3) is 0.458. The first kappa shape index (κ1) is 17.7. The van der Waals surface area contributed by atoms with Gasteiger partial charge in [-0.05, 0) is 42.4 Å². The minimum atomic E-state index is 0.117. The van der Waals surface area contributed by atoms with Crippen LogP contribution in [0, 0.1) is 5.92 Å². The zero-order valence-corrected chi connectivity index (χ0v) is 16.3. The molecule has 4 nitrogen and oxygen atoms in total. The van der Waals surface area contributed by atoms with E-state index in [1.807, 2.05) is 0 Å². The summed E-state index contributed by atoms with van der Waals surface area (Å²) >= 11 is 0. The Hall–Kier alpha value is -2.33. The average Bonchev–Trinajstić information content (AvgIpc) is 3.18. The average molecular weight is 376 g/mol.